The lowest BCUT2D eigenvalue weighted by Crippen LogP contribution is -2.53. The first-order valence-corrected chi connectivity index (χ1v) is 12.1. The van der Waals surface area contributed by atoms with Crippen molar-refractivity contribution in [1.29, 1.82) is 0 Å². The van der Waals surface area contributed by atoms with Crippen molar-refractivity contribution in [3.63, 3.8) is 0 Å². The maximum Gasteiger partial charge on any atom is 0.309 e. The Morgan fingerprint density at radius 3 is 2.41 bits per heavy atom. The molecule has 1 aliphatic heterocycles. The largest absolute Gasteiger partial charge is 0.360 e. The summed E-state index contributed by atoms with van der Waals surface area (Å²) in [6.07, 6.45) is 0.200. The van der Waals surface area contributed by atoms with Crippen LogP contribution in [0, 0.1) is 6.92 Å². The molecule has 2 aromatic rings. The third-order valence-electron chi connectivity index (χ3n) is 5.04. The van der Waals surface area contributed by atoms with E-state index in [0.717, 1.165) is 11.1 Å². The Bertz CT molecular complexity index is 1040. The number of ether oxygens (including phenoxy) is 1. The number of rotatable bonds is 7. The highest BCUT2D eigenvalue weighted by Gasteiger charge is 2.34. The second-order valence-corrected chi connectivity index (χ2v) is 9.78. The van der Waals surface area contributed by atoms with Crippen LogP contribution in [-0.2, 0) is 30.8 Å². The summed E-state index contributed by atoms with van der Waals surface area (Å²) in [5.41, 5.74) is 1.92. The monoisotopic (exact) mass is 479 g/mol. The van der Waals surface area contributed by atoms with Crippen LogP contribution < -0.4 is 10.6 Å². The zero-order chi connectivity index (χ0) is 23.1. The molecule has 2 N–H and O–H groups in total. The van der Waals surface area contributed by atoms with Gasteiger partial charge in [0.25, 0.3) is 0 Å². The predicted molar refractivity (Wildman–Crippen MR) is 121 cm³/mol. The lowest BCUT2D eigenvalue weighted by Gasteiger charge is -2.34. The summed E-state index contributed by atoms with van der Waals surface area (Å²) in [6, 6.07) is 13.7. The maximum atomic E-state index is 13.0. The molecule has 1 unspecified atom stereocenters. The lowest BCUT2D eigenvalue weighted by molar-refractivity contribution is -0.140. The smallest absolute Gasteiger partial charge is 0.309 e. The van der Waals surface area contributed by atoms with Crippen molar-refractivity contribution in [3.8, 4) is 0 Å². The molecule has 32 heavy (non-hydrogen) atoms. The Balaban J connectivity index is 1.53. The van der Waals surface area contributed by atoms with Gasteiger partial charge in [-0.1, -0.05) is 41.4 Å². The SMILES string of the molecule is Cc1ccc(S(=O)(=O)N2CCCOC2CNC(=O)C(=O)NCCc2ccc(Cl)cc2)cc1. The third-order valence-corrected chi connectivity index (χ3v) is 7.19. The van der Waals surface area contributed by atoms with Crippen molar-refractivity contribution in [1.82, 2.24) is 14.9 Å². The topological polar surface area (TPSA) is 105 Å². The number of amides is 2. The van der Waals surface area contributed by atoms with Crippen molar-refractivity contribution >= 4 is 33.4 Å². The number of halogens is 1. The number of carbonyl (C=O) groups excluding carboxylic acids is 2. The number of hydrogen-bond acceptors (Lipinski definition) is 5. The van der Waals surface area contributed by atoms with Crippen LogP contribution in [0.25, 0.3) is 0 Å². The molecule has 10 heteroatoms. The Morgan fingerprint density at radius 1 is 1.06 bits per heavy atom. The number of carbonyl (C=O) groups is 2. The Morgan fingerprint density at radius 2 is 1.72 bits per heavy atom. The van der Waals surface area contributed by atoms with E-state index in [9.17, 15) is 18.0 Å². The van der Waals surface area contributed by atoms with Gasteiger partial charge in [0.05, 0.1) is 18.0 Å². The van der Waals surface area contributed by atoms with E-state index in [-0.39, 0.29) is 24.5 Å². The number of hydrogen-bond donors (Lipinski definition) is 2. The number of sulfonamides is 1. The van der Waals surface area contributed by atoms with Gasteiger partial charge in [-0.3, -0.25) is 9.59 Å². The van der Waals surface area contributed by atoms with Gasteiger partial charge in [-0.25, -0.2) is 8.42 Å². The molecule has 1 saturated heterocycles. The number of nitrogens with one attached hydrogen (secondary N) is 2. The predicted octanol–water partition coefficient (Wildman–Crippen LogP) is 1.86. The first-order chi connectivity index (χ1) is 15.3. The molecule has 1 atom stereocenters. The fourth-order valence-corrected chi connectivity index (χ4v) is 4.95. The van der Waals surface area contributed by atoms with Crippen LogP contribution in [0.15, 0.2) is 53.4 Å². The molecule has 172 valence electrons. The minimum atomic E-state index is -3.80. The summed E-state index contributed by atoms with van der Waals surface area (Å²) in [5, 5.41) is 5.65. The van der Waals surface area contributed by atoms with Gasteiger partial charge in [-0.2, -0.15) is 4.31 Å². The van der Waals surface area contributed by atoms with Crippen LogP contribution in [-0.4, -0.2) is 57.0 Å². The fourth-order valence-electron chi connectivity index (χ4n) is 3.26. The van der Waals surface area contributed by atoms with Crippen molar-refractivity contribution in [3.05, 3.63) is 64.7 Å². The Kier molecular flexibility index (Phi) is 8.25. The molecular weight excluding hydrogens is 454 g/mol. The van der Waals surface area contributed by atoms with Crippen LogP contribution in [0.4, 0.5) is 0 Å². The molecule has 1 aliphatic rings. The molecule has 8 nitrogen and oxygen atoms in total. The molecule has 2 amide bonds. The van der Waals surface area contributed by atoms with Crippen LogP contribution in [0.3, 0.4) is 0 Å². The first kappa shape index (κ1) is 24.2. The standard InChI is InChI=1S/C22H26ClN3O5S/c1-16-3-9-19(10-4-16)32(29,30)26-13-2-14-31-20(26)15-25-22(28)21(27)24-12-11-17-5-7-18(23)8-6-17/h3-10,20H,2,11-15H2,1H3,(H,24,27)(H,25,28). The average Bonchev–Trinajstić information content (AvgIpc) is 2.79. The molecule has 3 rings (SSSR count). The van der Waals surface area contributed by atoms with E-state index in [4.69, 9.17) is 16.3 Å². The van der Waals surface area contributed by atoms with E-state index in [1.165, 1.54) is 4.31 Å². The zero-order valence-electron chi connectivity index (χ0n) is 17.7. The van der Waals surface area contributed by atoms with Gasteiger partial charge in [-0.05, 0) is 49.6 Å². The zero-order valence-corrected chi connectivity index (χ0v) is 19.3. The van der Waals surface area contributed by atoms with Crippen LogP contribution in [0.1, 0.15) is 17.5 Å². The van der Waals surface area contributed by atoms with Crippen molar-refractivity contribution in [2.45, 2.75) is 30.9 Å². The average molecular weight is 480 g/mol. The van der Waals surface area contributed by atoms with Gasteiger partial charge in [-0.15, -0.1) is 0 Å². The molecule has 0 saturated carbocycles. The molecular formula is C22H26ClN3O5S. The van der Waals surface area contributed by atoms with Crippen LogP contribution in [0.2, 0.25) is 5.02 Å². The van der Waals surface area contributed by atoms with E-state index in [1.807, 2.05) is 19.1 Å². The van der Waals surface area contributed by atoms with Gasteiger partial charge >= 0.3 is 11.8 Å². The molecule has 0 aliphatic carbocycles. The molecule has 0 radical (unpaired) electrons. The third kappa shape index (κ3) is 6.29. The van der Waals surface area contributed by atoms with E-state index >= 15 is 0 Å². The minimum absolute atomic E-state index is 0.130. The van der Waals surface area contributed by atoms with Crippen molar-refractivity contribution in [2.75, 3.05) is 26.2 Å². The second kappa shape index (κ2) is 10.9. The van der Waals surface area contributed by atoms with Crippen LogP contribution in [0.5, 0.6) is 0 Å². The minimum Gasteiger partial charge on any atom is -0.360 e. The summed E-state index contributed by atoms with van der Waals surface area (Å²) in [6.45, 7) is 2.66. The Hall–Kier alpha value is -2.46. The van der Waals surface area contributed by atoms with E-state index in [2.05, 4.69) is 10.6 Å². The van der Waals surface area contributed by atoms with E-state index in [0.29, 0.717) is 24.5 Å². The normalized spacial score (nSPS) is 17.0. The van der Waals surface area contributed by atoms with Crippen molar-refractivity contribution < 1.29 is 22.7 Å². The van der Waals surface area contributed by atoms with Gasteiger partial charge in [0.1, 0.15) is 6.23 Å². The highest BCUT2D eigenvalue weighted by Crippen LogP contribution is 2.22. The first-order valence-electron chi connectivity index (χ1n) is 10.3. The molecule has 0 aromatic heterocycles. The lowest BCUT2D eigenvalue weighted by atomic mass is 10.1. The molecule has 1 heterocycles. The second-order valence-electron chi connectivity index (χ2n) is 7.45. The van der Waals surface area contributed by atoms with Crippen molar-refractivity contribution in [2.24, 2.45) is 0 Å². The number of benzene rings is 2. The fraction of sp³-hybridized carbons (Fsp3) is 0.364. The van der Waals surface area contributed by atoms with Gasteiger partial charge in [0.15, 0.2) is 0 Å². The Labute approximate surface area is 192 Å². The quantitative estimate of drug-likeness (QED) is 0.590. The van der Waals surface area contributed by atoms with Gasteiger partial charge in [0.2, 0.25) is 10.0 Å². The van der Waals surface area contributed by atoms with Gasteiger partial charge < -0.3 is 15.4 Å². The van der Waals surface area contributed by atoms with Gasteiger partial charge in [0, 0.05) is 18.1 Å². The molecule has 0 bridgehead atoms. The van der Waals surface area contributed by atoms with Crippen LogP contribution >= 0.6 is 11.6 Å². The number of nitrogens with zero attached hydrogens (tertiary/aromatic N) is 1. The summed E-state index contributed by atoms with van der Waals surface area (Å²) in [7, 11) is -3.80. The number of aryl methyl sites for hydroxylation is 1. The maximum absolute atomic E-state index is 13.0. The summed E-state index contributed by atoms with van der Waals surface area (Å²) < 4.78 is 32.9. The van der Waals surface area contributed by atoms with E-state index < -0.39 is 28.1 Å². The summed E-state index contributed by atoms with van der Waals surface area (Å²) >= 11 is 5.84. The molecule has 0 spiro atoms. The summed E-state index contributed by atoms with van der Waals surface area (Å²) in [5.74, 6) is -1.63. The highest BCUT2D eigenvalue weighted by molar-refractivity contribution is 7.89. The van der Waals surface area contributed by atoms with E-state index in [1.54, 1.807) is 36.4 Å². The molecule has 2 aromatic carbocycles. The molecule has 1 fully saturated rings. The highest BCUT2D eigenvalue weighted by atomic mass is 35.5. The summed E-state index contributed by atoms with van der Waals surface area (Å²) in [4.78, 5) is 24.4.